The van der Waals surface area contributed by atoms with E-state index in [2.05, 4.69) is 40.7 Å². The number of aromatic nitrogens is 1. The molecule has 2 fully saturated rings. The number of anilines is 2. The largest absolute Gasteiger partial charge is 0.397 e. The van der Waals surface area contributed by atoms with Crippen LogP contribution in [0.25, 0.3) is 10.2 Å². The van der Waals surface area contributed by atoms with Crippen LogP contribution in [0, 0.1) is 0 Å². The minimum Gasteiger partial charge on any atom is -0.397 e. The molecule has 35 heavy (non-hydrogen) atoms. The van der Waals surface area contributed by atoms with Crippen LogP contribution < -0.4 is 21.3 Å². The lowest BCUT2D eigenvalue weighted by molar-refractivity contribution is 0.0938. The first-order valence-electron chi connectivity index (χ1n) is 13.2. The Hall–Kier alpha value is -2.64. The number of unbranched alkanes of at least 4 members (excludes halogenated alkanes) is 1. The summed E-state index contributed by atoms with van der Waals surface area (Å²) >= 11 is 1.42. The van der Waals surface area contributed by atoms with E-state index < -0.39 is 0 Å². The predicted molar refractivity (Wildman–Crippen MR) is 145 cm³/mol. The van der Waals surface area contributed by atoms with Crippen molar-refractivity contribution in [1.29, 1.82) is 0 Å². The highest BCUT2D eigenvalue weighted by atomic mass is 32.1. The molecule has 2 unspecified atom stereocenters. The van der Waals surface area contributed by atoms with Gasteiger partial charge in [-0.15, -0.1) is 11.3 Å². The molecule has 0 radical (unpaired) electrons. The topological polar surface area (TPSA) is 83.3 Å². The van der Waals surface area contributed by atoms with Crippen molar-refractivity contribution in [2.75, 3.05) is 23.7 Å². The van der Waals surface area contributed by atoms with Crippen molar-refractivity contribution in [1.82, 2.24) is 15.6 Å². The Kier molecular flexibility index (Phi) is 6.14. The summed E-state index contributed by atoms with van der Waals surface area (Å²) in [5, 5.41) is 7.88. The number of nitrogen functional groups attached to an aromatic ring is 1. The number of benzene rings is 1. The standard InChI is InChI=1S/C28H35N5OS/c1-2-3-4-19-10-12-24-25(29)26(35-28(24)32-19)27(34)31-20-7-5-18-14-23(11-6-17(18)13-20)33-15-21-8-9-22(16-33)30-21/h6,10-12,14,20-22,30H,2-5,7-9,13,15-16,29H2,1H3,(H,31,34)/t20-,21?,22?/m1/s1. The van der Waals surface area contributed by atoms with Gasteiger partial charge in [0.2, 0.25) is 0 Å². The number of carbonyl (C=O) groups excluding carboxylic acids is 1. The molecule has 3 aromatic rings. The number of hydrogen-bond donors (Lipinski definition) is 3. The van der Waals surface area contributed by atoms with E-state index in [1.807, 2.05) is 12.1 Å². The molecule has 1 amide bonds. The summed E-state index contributed by atoms with van der Waals surface area (Å²) in [4.78, 5) is 22.0. The third kappa shape index (κ3) is 4.52. The molecule has 2 saturated heterocycles. The Balaban J connectivity index is 1.13. The zero-order valence-electron chi connectivity index (χ0n) is 20.5. The molecule has 3 aliphatic rings. The highest BCUT2D eigenvalue weighted by molar-refractivity contribution is 7.21. The summed E-state index contributed by atoms with van der Waals surface area (Å²) in [7, 11) is 0. The Bertz CT molecular complexity index is 1240. The zero-order valence-corrected chi connectivity index (χ0v) is 21.3. The lowest BCUT2D eigenvalue weighted by atomic mass is 9.87. The minimum atomic E-state index is -0.0676. The van der Waals surface area contributed by atoms with E-state index in [4.69, 9.17) is 10.7 Å². The monoisotopic (exact) mass is 489 g/mol. The summed E-state index contributed by atoms with van der Waals surface area (Å²) in [5.74, 6) is -0.0676. The van der Waals surface area contributed by atoms with E-state index in [0.717, 1.165) is 67.5 Å². The first-order chi connectivity index (χ1) is 17.1. The van der Waals surface area contributed by atoms with Gasteiger partial charge in [0.25, 0.3) is 5.91 Å². The van der Waals surface area contributed by atoms with Gasteiger partial charge in [0.15, 0.2) is 0 Å². The number of nitrogens with zero attached hydrogens (tertiary/aromatic N) is 2. The van der Waals surface area contributed by atoms with Gasteiger partial charge < -0.3 is 21.3 Å². The van der Waals surface area contributed by atoms with Gasteiger partial charge in [-0.3, -0.25) is 4.79 Å². The first kappa shape index (κ1) is 22.8. The van der Waals surface area contributed by atoms with Gasteiger partial charge in [-0.25, -0.2) is 4.98 Å². The minimum absolute atomic E-state index is 0.0676. The molecule has 1 aliphatic carbocycles. The summed E-state index contributed by atoms with van der Waals surface area (Å²) in [6.45, 7) is 4.40. The normalized spacial score (nSPS) is 23.5. The van der Waals surface area contributed by atoms with E-state index in [1.54, 1.807) is 0 Å². The third-order valence-corrected chi connectivity index (χ3v) is 9.09. The second kappa shape index (κ2) is 9.43. The Labute approximate surface area is 211 Å². The van der Waals surface area contributed by atoms with Crippen molar-refractivity contribution >= 4 is 38.8 Å². The van der Waals surface area contributed by atoms with Crippen molar-refractivity contribution in [2.24, 2.45) is 0 Å². The van der Waals surface area contributed by atoms with Crippen LogP contribution >= 0.6 is 11.3 Å². The molecular weight excluding hydrogens is 454 g/mol. The SMILES string of the molecule is CCCCc1ccc2c(N)c(C(=O)N[C@@H]3CCc4cc(N5CC6CCC(C5)N6)ccc4C3)sc2n1. The highest BCUT2D eigenvalue weighted by Gasteiger charge is 2.32. The number of thiophene rings is 1. The average Bonchev–Trinajstić information content (AvgIpc) is 3.39. The number of rotatable bonds is 6. The molecule has 2 bridgehead atoms. The van der Waals surface area contributed by atoms with Crippen LogP contribution in [-0.2, 0) is 19.3 Å². The van der Waals surface area contributed by atoms with Crippen molar-refractivity contribution in [3.8, 4) is 0 Å². The van der Waals surface area contributed by atoms with Crippen LogP contribution in [0.1, 0.15) is 65.5 Å². The fourth-order valence-electron chi connectivity index (χ4n) is 6.02. The number of fused-ring (bicyclic) bond motifs is 4. The van der Waals surface area contributed by atoms with Gasteiger partial charge in [-0.1, -0.05) is 19.4 Å². The molecule has 1 aromatic carbocycles. The lowest BCUT2D eigenvalue weighted by Crippen LogP contribution is -2.51. The summed E-state index contributed by atoms with van der Waals surface area (Å²) in [6.07, 6.45) is 8.65. The van der Waals surface area contributed by atoms with Crippen LogP contribution in [-0.4, -0.2) is 42.1 Å². The molecule has 3 atom stereocenters. The molecule has 0 saturated carbocycles. The van der Waals surface area contributed by atoms with Crippen LogP contribution in [0.5, 0.6) is 0 Å². The summed E-state index contributed by atoms with van der Waals surface area (Å²) < 4.78 is 0. The maximum absolute atomic E-state index is 13.2. The van der Waals surface area contributed by atoms with E-state index in [9.17, 15) is 4.79 Å². The fraction of sp³-hybridized carbons (Fsp3) is 0.500. The smallest absolute Gasteiger partial charge is 0.263 e. The first-order valence-corrected chi connectivity index (χ1v) is 14.0. The number of nitrogens with one attached hydrogen (secondary N) is 2. The fourth-order valence-corrected chi connectivity index (χ4v) is 7.04. The molecule has 2 aromatic heterocycles. The molecule has 2 aliphatic heterocycles. The van der Waals surface area contributed by atoms with Gasteiger partial charge in [0.1, 0.15) is 9.71 Å². The second-order valence-corrected chi connectivity index (χ2v) is 11.5. The Morgan fingerprint density at radius 3 is 2.80 bits per heavy atom. The highest BCUT2D eigenvalue weighted by Crippen LogP contribution is 2.34. The van der Waals surface area contributed by atoms with Gasteiger partial charge in [-0.2, -0.15) is 0 Å². The zero-order chi connectivity index (χ0) is 23.9. The van der Waals surface area contributed by atoms with E-state index in [0.29, 0.717) is 22.6 Å². The Morgan fingerprint density at radius 1 is 1.17 bits per heavy atom. The molecule has 6 rings (SSSR count). The van der Waals surface area contributed by atoms with E-state index in [-0.39, 0.29) is 11.9 Å². The molecular formula is C28H35N5OS. The van der Waals surface area contributed by atoms with Gasteiger partial charge in [0.05, 0.1) is 5.69 Å². The molecule has 184 valence electrons. The second-order valence-electron chi connectivity index (χ2n) is 10.5. The van der Waals surface area contributed by atoms with Crippen molar-refractivity contribution < 1.29 is 4.79 Å². The third-order valence-electron chi connectivity index (χ3n) is 7.98. The quantitative estimate of drug-likeness (QED) is 0.477. The molecule has 6 nitrogen and oxygen atoms in total. The average molecular weight is 490 g/mol. The van der Waals surface area contributed by atoms with Crippen molar-refractivity contribution in [2.45, 2.75) is 76.4 Å². The van der Waals surface area contributed by atoms with Crippen molar-refractivity contribution in [3.63, 3.8) is 0 Å². The van der Waals surface area contributed by atoms with Crippen LogP contribution in [0.3, 0.4) is 0 Å². The molecule has 4 heterocycles. The molecule has 0 spiro atoms. The van der Waals surface area contributed by atoms with Crippen LogP contribution in [0.4, 0.5) is 11.4 Å². The summed E-state index contributed by atoms with van der Waals surface area (Å²) in [6, 6.07) is 12.4. The maximum atomic E-state index is 13.2. The number of aryl methyl sites for hydroxylation is 2. The molecule has 7 heteroatoms. The van der Waals surface area contributed by atoms with Gasteiger partial charge in [0, 0.05) is 48.0 Å². The number of amides is 1. The lowest BCUT2D eigenvalue weighted by Gasteiger charge is -2.35. The van der Waals surface area contributed by atoms with E-state index in [1.165, 1.54) is 41.0 Å². The number of carbonyl (C=O) groups is 1. The maximum Gasteiger partial charge on any atom is 0.263 e. The van der Waals surface area contributed by atoms with Crippen LogP contribution in [0.2, 0.25) is 0 Å². The number of piperazine rings is 1. The van der Waals surface area contributed by atoms with Gasteiger partial charge >= 0.3 is 0 Å². The van der Waals surface area contributed by atoms with Crippen molar-refractivity contribution in [3.05, 3.63) is 52.0 Å². The number of pyridine rings is 1. The number of nitrogens with two attached hydrogens (primary N) is 1. The number of hydrogen-bond acceptors (Lipinski definition) is 6. The Morgan fingerprint density at radius 2 is 2.00 bits per heavy atom. The molecule has 4 N–H and O–H groups in total. The van der Waals surface area contributed by atoms with E-state index >= 15 is 0 Å². The van der Waals surface area contributed by atoms with Crippen LogP contribution in [0.15, 0.2) is 30.3 Å². The van der Waals surface area contributed by atoms with Gasteiger partial charge in [-0.05, 0) is 80.3 Å². The summed E-state index contributed by atoms with van der Waals surface area (Å²) in [5.41, 5.74) is 12.2. The predicted octanol–water partition coefficient (Wildman–Crippen LogP) is 4.45.